The fraction of sp³-hybridized carbons (Fsp3) is 0.0690. The Morgan fingerprint density at radius 3 is 2.47 bits per heavy atom. The number of anilines is 1. The predicted molar refractivity (Wildman–Crippen MR) is 140 cm³/mol. The van der Waals surface area contributed by atoms with E-state index in [1.54, 1.807) is 17.4 Å². The molecule has 5 aromatic rings. The summed E-state index contributed by atoms with van der Waals surface area (Å²) in [6, 6.07) is 27.9. The topological polar surface area (TPSA) is 68.4 Å². The van der Waals surface area contributed by atoms with Crippen molar-refractivity contribution in [3.63, 3.8) is 0 Å². The molecular formula is C29H22N2O2S. The van der Waals surface area contributed by atoms with Crippen LogP contribution in [-0.2, 0) is 6.42 Å². The van der Waals surface area contributed by atoms with Crippen LogP contribution in [0.3, 0.4) is 0 Å². The van der Waals surface area contributed by atoms with Crippen molar-refractivity contribution >= 4 is 39.4 Å². The summed E-state index contributed by atoms with van der Waals surface area (Å²) in [6.45, 7) is 0. The highest BCUT2D eigenvalue weighted by atomic mass is 32.1. The predicted octanol–water partition coefficient (Wildman–Crippen LogP) is 7.10. The van der Waals surface area contributed by atoms with Crippen molar-refractivity contribution in [2.24, 2.45) is 0 Å². The van der Waals surface area contributed by atoms with Crippen molar-refractivity contribution in [1.29, 1.82) is 0 Å². The third-order valence-corrected chi connectivity index (χ3v) is 7.16. The van der Waals surface area contributed by atoms with E-state index in [9.17, 15) is 5.11 Å². The van der Waals surface area contributed by atoms with E-state index in [1.807, 2.05) is 72.8 Å². The fourth-order valence-corrected chi connectivity index (χ4v) is 5.26. The van der Waals surface area contributed by atoms with E-state index in [4.69, 9.17) is 10.5 Å². The van der Waals surface area contributed by atoms with Crippen LogP contribution in [0.5, 0.6) is 11.5 Å². The third kappa shape index (κ3) is 3.91. The van der Waals surface area contributed by atoms with Gasteiger partial charge in [0.2, 0.25) is 0 Å². The van der Waals surface area contributed by atoms with Gasteiger partial charge in [-0.25, -0.2) is 4.98 Å². The number of phenols is 1. The van der Waals surface area contributed by atoms with Crippen molar-refractivity contribution in [3.8, 4) is 22.1 Å². The summed E-state index contributed by atoms with van der Waals surface area (Å²) in [6.07, 6.45) is 4.90. The molecular weight excluding hydrogens is 440 g/mol. The molecule has 4 nitrogen and oxygen atoms in total. The average Bonchev–Trinajstić information content (AvgIpc) is 3.47. The highest BCUT2D eigenvalue weighted by Crippen LogP contribution is 2.38. The van der Waals surface area contributed by atoms with Gasteiger partial charge in [0.25, 0.3) is 0 Å². The SMILES string of the molecule is Nc1ccc(C2Cc3ccc(C=Cc4ccc(-c5nc6ccccc6s5)c(O)c4)cc3O2)cc1. The van der Waals surface area contributed by atoms with Crippen molar-refractivity contribution in [1.82, 2.24) is 4.98 Å². The zero-order chi connectivity index (χ0) is 23.1. The molecule has 5 heteroatoms. The number of nitrogens with two attached hydrogens (primary N) is 1. The quantitative estimate of drug-likeness (QED) is 0.221. The van der Waals surface area contributed by atoms with Gasteiger partial charge in [0.05, 0.1) is 15.8 Å². The lowest BCUT2D eigenvalue weighted by Crippen LogP contribution is -2.02. The van der Waals surface area contributed by atoms with Crippen LogP contribution in [-0.4, -0.2) is 10.1 Å². The van der Waals surface area contributed by atoms with Crippen LogP contribution in [0.2, 0.25) is 0 Å². The summed E-state index contributed by atoms with van der Waals surface area (Å²) in [7, 11) is 0. The number of hydrogen-bond acceptors (Lipinski definition) is 5. The summed E-state index contributed by atoms with van der Waals surface area (Å²) in [5, 5.41) is 11.5. The van der Waals surface area contributed by atoms with E-state index in [0.717, 1.165) is 55.3 Å². The van der Waals surface area contributed by atoms with Gasteiger partial charge in [-0.15, -0.1) is 11.3 Å². The van der Waals surface area contributed by atoms with Crippen LogP contribution in [0.25, 0.3) is 32.9 Å². The van der Waals surface area contributed by atoms with E-state index in [2.05, 4.69) is 23.2 Å². The van der Waals surface area contributed by atoms with E-state index < -0.39 is 0 Å². The Kier molecular flexibility index (Phi) is 5.04. The van der Waals surface area contributed by atoms with Crippen molar-refractivity contribution in [2.45, 2.75) is 12.5 Å². The molecule has 0 bridgehead atoms. The minimum absolute atomic E-state index is 0.0156. The number of thiazole rings is 1. The molecule has 1 unspecified atom stereocenters. The number of phenolic OH excluding ortho intramolecular Hbond substituents is 1. The van der Waals surface area contributed by atoms with Crippen molar-refractivity contribution in [3.05, 3.63) is 107 Å². The fourth-order valence-electron chi connectivity index (χ4n) is 4.26. The van der Waals surface area contributed by atoms with Gasteiger partial charge < -0.3 is 15.6 Å². The highest BCUT2D eigenvalue weighted by Gasteiger charge is 2.24. The zero-order valence-corrected chi connectivity index (χ0v) is 19.1. The molecule has 1 aliphatic heterocycles. The number of benzene rings is 4. The minimum atomic E-state index is 0.0156. The lowest BCUT2D eigenvalue weighted by Gasteiger charge is -2.11. The molecule has 0 saturated carbocycles. The van der Waals surface area contributed by atoms with E-state index in [1.165, 1.54) is 5.56 Å². The Morgan fingerprint density at radius 1 is 0.912 bits per heavy atom. The van der Waals surface area contributed by atoms with Gasteiger partial charge in [0.15, 0.2) is 0 Å². The molecule has 166 valence electrons. The summed E-state index contributed by atoms with van der Waals surface area (Å²) >= 11 is 1.58. The summed E-state index contributed by atoms with van der Waals surface area (Å²) in [5.41, 5.74) is 12.6. The molecule has 1 aliphatic rings. The van der Waals surface area contributed by atoms with E-state index in [0.29, 0.717) is 0 Å². The van der Waals surface area contributed by atoms with Crippen LogP contribution in [0.4, 0.5) is 5.69 Å². The van der Waals surface area contributed by atoms with E-state index in [-0.39, 0.29) is 11.9 Å². The molecule has 0 spiro atoms. The number of rotatable bonds is 4. The first-order chi connectivity index (χ1) is 16.6. The van der Waals surface area contributed by atoms with Crippen LogP contribution in [0.15, 0.2) is 84.9 Å². The lowest BCUT2D eigenvalue weighted by atomic mass is 10.0. The highest BCUT2D eigenvalue weighted by molar-refractivity contribution is 7.21. The van der Waals surface area contributed by atoms with Gasteiger partial charge in [-0.05, 0) is 64.7 Å². The number of ether oxygens (including phenoxy) is 1. The Bertz CT molecular complexity index is 1500. The maximum Gasteiger partial charge on any atom is 0.128 e. The second-order valence-corrected chi connectivity index (χ2v) is 9.47. The Balaban J connectivity index is 1.20. The zero-order valence-electron chi connectivity index (χ0n) is 18.3. The Labute approximate surface area is 201 Å². The number of nitrogen functional groups attached to an aromatic ring is 1. The number of aromatic hydroxyl groups is 1. The number of para-hydroxylation sites is 1. The summed E-state index contributed by atoms with van der Waals surface area (Å²) < 4.78 is 7.32. The average molecular weight is 463 g/mol. The second-order valence-electron chi connectivity index (χ2n) is 8.44. The molecule has 3 N–H and O–H groups in total. The van der Waals surface area contributed by atoms with Gasteiger partial charge in [-0.2, -0.15) is 0 Å². The molecule has 4 aromatic carbocycles. The normalized spacial score (nSPS) is 15.0. The van der Waals surface area contributed by atoms with Gasteiger partial charge in [0.1, 0.15) is 22.6 Å². The van der Waals surface area contributed by atoms with Crippen LogP contribution in [0.1, 0.15) is 28.4 Å². The standard InChI is InChI=1S/C29H22N2O2S/c30-22-12-10-20(11-13-22)27-17-21-9-7-19(16-26(21)33-27)6-5-18-8-14-23(25(32)15-18)29-31-24-3-1-2-4-28(24)34-29/h1-16,27,32H,17,30H2. The molecule has 0 aliphatic carbocycles. The number of nitrogens with zero attached hydrogens (tertiary/aromatic N) is 1. The van der Waals surface area contributed by atoms with E-state index >= 15 is 0 Å². The monoisotopic (exact) mass is 462 g/mol. The molecule has 1 atom stereocenters. The second kappa shape index (κ2) is 8.36. The van der Waals surface area contributed by atoms with Crippen molar-refractivity contribution in [2.75, 3.05) is 5.73 Å². The maximum atomic E-state index is 10.7. The van der Waals surface area contributed by atoms with Crippen molar-refractivity contribution < 1.29 is 9.84 Å². The Morgan fingerprint density at radius 2 is 1.68 bits per heavy atom. The summed E-state index contributed by atoms with van der Waals surface area (Å²) in [4.78, 5) is 4.65. The molecule has 1 aromatic heterocycles. The van der Waals surface area contributed by atoms with Gasteiger partial charge in [0, 0.05) is 12.1 Å². The van der Waals surface area contributed by atoms with Gasteiger partial charge >= 0.3 is 0 Å². The first-order valence-electron chi connectivity index (χ1n) is 11.1. The molecule has 0 radical (unpaired) electrons. The first-order valence-corrected chi connectivity index (χ1v) is 12.0. The smallest absolute Gasteiger partial charge is 0.128 e. The largest absolute Gasteiger partial charge is 0.507 e. The molecule has 6 rings (SSSR count). The number of hydrogen-bond donors (Lipinski definition) is 2. The first kappa shape index (κ1) is 20.5. The molecule has 34 heavy (non-hydrogen) atoms. The van der Waals surface area contributed by atoms with Gasteiger partial charge in [-0.1, -0.05) is 54.6 Å². The lowest BCUT2D eigenvalue weighted by molar-refractivity contribution is 0.238. The van der Waals surface area contributed by atoms with Crippen LogP contribution in [0, 0.1) is 0 Å². The molecule has 2 heterocycles. The van der Waals surface area contributed by atoms with Crippen LogP contribution >= 0.6 is 11.3 Å². The Hall–Kier alpha value is -4.09. The molecule has 0 amide bonds. The third-order valence-electron chi connectivity index (χ3n) is 6.09. The summed E-state index contributed by atoms with van der Waals surface area (Å²) in [5.74, 6) is 1.14. The molecule has 0 saturated heterocycles. The number of fused-ring (bicyclic) bond motifs is 2. The maximum absolute atomic E-state index is 10.7. The number of aromatic nitrogens is 1. The molecule has 0 fully saturated rings. The van der Waals surface area contributed by atoms with Crippen LogP contribution < -0.4 is 10.5 Å². The van der Waals surface area contributed by atoms with Gasteiger partial charge in [-0.3, -0.25) is 0 Å². The minimum Gasteiger partial charge on any atom is -0.507 e.